The van der Waals surface area contributed by atoms with Gasteiger partial charge in [0.05, 0.1) is 19.9 Å². The molecule has 0 unspecified atom stereocenters. The lowest BCUT2D eigenvalue weighted by atomic mass is 10.1. The van der Waals surface area contributed by atoms with Gasteiger partial charge in [-0.1, -0.05) is 0 Å². The Bertz CT molecular complexity index is 499. The maximum Gasteiger partial charge on any atom is 0.145 e. The van der Waals surface area contributed by atoms with Crippen LogP contribution in [0.25, 0.3) is 11.3 Å². The van der Waals surface area contributed by atoms with Crippen LogP contribution in [0.5, 0.6) is 11.5 Å². The molecule has 0 spiro atoms. The number of nitrogens with one attached hydrogen (secondary N) is 1. The summed E-state index contributed by atoms with van der Waals surface area (Å²) in [4.78, 5) is 0. The summed E-state index contributed by atoms with van der Waals surface area (Å²) in [5.41, 5.74) is 7.27. The van der Waals surface area contributed by atoms with Crippen molar-refractivity contribution in [3.05, 3.63) is 24.3 Å². The number of ether oxygens (including phenoxy) is 2. The van der Waals surface area contributed by atoms with Crippen LogP contribution in [0.2, 0.25) is 0 Å². The highest BCUT2D eigenvalue weighted by molar-refractivity contribution is 5.85. The van der Waals surface area contributed by atoms with E-state index >= 15 is 0 Å². The Balaban J connectivity index is 0.00000144. The van der Waals surface area contributed by atoms with Gasteiger partial charge in [0.25, 0.3) is 0 Å². The molecule has 0 aliphatic rings. The van der Waals surface area contributed by atoms with Crippen molar-refractivity contribution < 1.29 is 9.47 Å². The monoisotopic (exact) mass is 255 g/mol. The average molecular weight is 256 g/mol. The van der Waals surface area contributed by atoms with E-state index in [-0.39, 0.29) is 12.4 Å². The molecular formula is C11H14ClN3O2. The third-order valence-electron chi connectivity index (χ3n) is 2.30. The topological polar surface area (TPSA) is 73.2 Å². The van der Waals surface area contributed by atoms with Crippen LogP contribution in [0.1, 0.15) is 0 Å². The number of hydrogen-bond donors (Lipinski definition) is 2. The minimum absolute atomic E-state index is 0. The molecule has 3 N–H and O–H groups in total. The molecule has 0 amide bonds. The maximum absolute atomic E-state index is 5.56. The lowest BCUT2D eigenvalue weighted by Gasteiger charge is -2.08. The first kappa shape index (κ1) is 13.2. The Morgan fingerprint density at radius 2 is 1.94 bits per heavy atom. The lowest BCUT2D eigenvalue weighted by molar-refractivity contribution is 0.395. The number of anilines is 1. The summed E-state index contributed by atoms with van der Waals surface area (Å²) in [5, 5.41) is 6.72. The van der Waals surface area contributed by atoms with E-state index in [9.17, 15) is 0 Å². The van der Waals surface area contributed by atoms with Crippen molar-refractivity contribution in [1.82, 2.24) is 10.2 Å². The molecule has 0 aliphatic carbocycles. The molecule has 0 atom stereocenters. The highest BCUT2D eigenvalue weighted by Gasteiger charge is 2.09. The molecule has 2 rings (SSSR count). The summed E-state index contributed by atoms with van der Waals surface area (Å²) < 4.78 is 10.4. The molecule has 0 aliphatic heterocycles. The van der Waals surface area contributed by atoms with Gasteiger partial charge in [0.15, 0.2) is 0 Å². The first-order valence-corrected chi connectivity index (χ1v) is 4.78. The van der Waals surface area contributed by atoms with E-state index in [4.69, 9.17) is 15.2 Å². The summed E-state index contributed by atoms with van der Waals surface area (Å²) in [5.74, 6) is 1.91. The first-order valence-electron chi connectivity index (χ1n) is 4.78. The number of halogens is 1. The Kier molecular flexibility index (Phi) is 4.23. The van der Waals surface area contributed by atoms with Crippen LogP contribution in [-0.2, 0) is 0 Å². The van der Waals surface area contributed by atoms with Gasteiger partial charge in [0, 0.05) is 17.7 Å². The van der Waals surface area contributed by atoms with Gasteiger partial charge in [0.1, 0.15) is 17.3 Å². The second-order valence-corrected chi connectivity index (χ2v) is 3.27. The smallest absolute Gasteiger partial charge is 0.145 e. The van der Waals surface area contributed by atoms with Gasteiger partial charge >= 0.3 is 0 Å². The molecular weight excluding hydrogens is 242 g/mol. The number of H-pyrrole nitrogens is 1. The average Bonchev–Trinajstić information content (AvgIpc) is 2.74. The van der Waals surface area contributed by atoms with Crippen molar-refractivity contribution in [1.29, 1.82) is 0 Å². The molecule has 92 valence electrons. The van der Waals surface area contributed by atoms with Crippen molar-refractivity contribution in [2.75, 3.05) is 20.0 Å². The second kappa shape index (κ2) is 5.45. The molecule has 6 heteroatoms. The molecule has 0 saturated heterocycles. The number of methoxy groups -OCH3 is 2. The Morgan fingerprint density at radius 3 is 2.47 bits per heavy atom. The number of aromatic amines is 1. The third kappa shape index (κ3) is 2.62. The molecule has 0 radical (unpaired) electrons. The van der Waals surface area contributed by atoms with Gasteiger partial charge in [-0.05, 0) is 12.1 Å². The second-order valence-electron chi connectivity index (χ2n) is 3.27. The molecule has 1 heterocycles. The SMILES string of the molecule is COc1ccc(-c2cc(N)n[nH]2)c(OC)c1.Cl. The quantitative estimate of drug-likeness (QED) is 0.881. The fraction of sp³-hybridized carbons (Fsp3) is 0.182. The molecule has 2 aromatic rings. The Morgan fingerprint density at radius 1 is 1.18 bits per heavy atom. The largest absolute Gasteiger partial charge is 0.497 e. The standard InChI is InChI=1S/C11H13N3O2.ClH/c1-15-7-3-4-8(10(5-7)16-2)9-6-11(12)14-13-9;/h3-6H,1-2H3,(H3,12,13,14);1H. The lowest BCUT2D eigenvalue weighted by Crippen LogP contribution is -1.90. The van der Waals surface area contributed by atoms with Crippen LogP contribution >= 0.6 is 12.4 Å². The summed E-state index contributed by atoms with van der Waals surface area (Å²) >= 11 is 0. The highest BCUT2D eigenvalue weighted by atomic mass is 35.5. The van der Waals surface area contributed by atoms with Gasteiger partial charge in [-0.2, -0.15) is 5.10 Å². The molecule has 0 fully saturated rings. The van der Waals surface area contributed by atoms with Gasteiger partial charge in [0.2, 0.25) is 0 Å². The summed E-state index contributed by atoms with van der Waals surface area (Å²) in [6.07, 6.45) is 0. The van der Waals surface area contributed by atoms with Crippen molar-refractivity contribution >= 4 is 18.2 Å². The number of hydrogen-bond acceptors (Lipinski definition) is 4. The van der Waals surface area contributed by atoms with Gasteiger partial charge in [-0.25, -0.2) is 0 Å². The highest BCUT2D eigenvalue weighted by Crippen LogP contribution is 2.32. The zero-order chi connectivity index (χ0) is 11.5. The minimum Gasteiger partial charge on any atom is -0.497 e. The molecule has 1 aromatic carbocycles. The van der Waals surface area contributed by atoms with Crippen LogP contribution < -0.4 is 15.2 Å². The molecule has 17 heavy (non-hydrogen) atoms. The molecule has 0 saturated carbocycles. The van der Waals surface area contributed by atoms with Crippen LogP contribution in [0.4, 0.5) is 5.82 Å². The summed E-state index contributed by atoms with van der Waals surface area (Å²) in [6, 6.07) is 7.32. The zero-order valence-corrected chi connectivity index (χ0v) is 10.4. The number of rotatable bonds is 3. The van der Waals surface area contributed by atoms with Crippen molar-refractivity contribution in [3.8, 4) is 22.8 Å². The Hall–Kier alpha value is -1.88. The van der Waals surface area contributed by atoms with Gasteiger partial charge in [-0.15, -0.1) is 12.4 Å². The summed E-state index contributed by atoms with van der Waals surface area (Å²) in [6.45, 7) is 0. The van der Waals surface area contributed by atoms with Gasteiger partial charge in [-0.3, -0.25) is 5.10 Å². The number of aromatic nitrogens is 2. The zero-order valence-electron chi connectivity index (χ0n) is 9.56. The predicted octanol–water partition coefficient (Wildman–Crippen LogP) is 2.10. The Labute approximate surface area is 105 Å². The van der Waals surface area contributed by atoms with E-state index in [0.717, 1.165) is 17.0 Å². The summed E-state index contributed by atoms with van der Waals surface area (Å²) in [7, 11) is 3.22. The third-order valence-corrected chi connectivity index (χ3v) is 2.30. The van der Waals surface area contributed by atoms with Crippen molar-refractivity contribution in [2.45, 2.75) is 0 Å². The maximum atomic E-state index is 5.56. The van der Waals surface area contributed by atoms with E-state index in [2.05, 4.69) is 10.2 Å². The molecule has 1 aromatic heterocycles. The minimum atomic E-state index is 0. The molecule has 0 bridgehead atoms. The van der Waals surface area contributed by atoms with E-state index in [1.807, 2.05) is 18.2 Å². The number of nitrogens with zero attached hydrogens (tertiary/aromatic N) is 1. The number of nitrogens with two attached hydrogens (primary N) is 1. The van der Waals surface area contributed by atoms with Crippen LogP contribution in [0.3, 0.4) is 0 Å². The van der Waals surface area contributed by atoms with E-state index in [1.165, 1.54) is 0 Å². The first-order chi connectivity index (χ1) is 7.74. The van der Waals surface area contributed by atoms with Crippen LogP contribution in [0.15, 0.2) is 24.3 Å². The fourth-order valence-corrected chi connectivity index (χ4v) is 1.50. The number of nitrogen functional groups attached to an aromatic ring is 1. The van der Waals surface area contributed by atoms with Crippen molar-refractivity contribution in [2.24, 2.45) is 0 Å². The predicted molar refractivity (Wildman–Crippen MR) is 68.8 cm³/mol. The van der Waals surface area contributed by atoms with Crippen LogP contribution in [-0.4, -0.2) is 24.4 Å². The van der Waals surface area contributed by atoms with Gasteiger partial charge < -0.3 is 15.2 Å². The van der Waals surface area contributed by atoms with E-state index in [0.29, 0.717) is 11.6 Å². The molecule has 5 nitrogen and oxygen atoms in total. The van der Waals surface area contributed by atoms with E-state index < -0.39 is 0 Å². The number of benzene rings is 1. The van der Waals surface area contributed by atoms with Crippen molar-refractivity contribution in [3.63, 3.8) is 0 Å². The van der Waals surface area contributed by atoms with Crippen LogP contribution in [0, 0.1) is 0 Å². The normalized spacial score (nSPS) is 9.53. The van der Waals surface area contributed by atoms with E-state index in [1.54, 1.807) is 20.3 Å². The fourth-order valence-electron chi connectivity index (χ4n) is 1.50.